The summed E-state index contributed by atoms with van der Waals surface area (Å²) in [5.74, 6) is 0. The van der Waals surface area contributed by atoms with Crippen molar-refractivity contribution in [3.8, 4) is 0 Å². The zero-order chi connectivity index (χ0) is 22.3. The fourth-order valence-electron chi connectivity index (χ4n) is 2.17. The molecule has 0 amide bonds. The first kappa shape index (κ1) is 28.5. The van der Waals surface area contributed by atoms with Gasteiger partial charge in [0.2, 0.25) is 0 Å². The van der Waals surface area contributed by atoms with Crippen LogP contribution in [0.25, 0.3) is 0 Å². The summed E-state index contributed by atoms with van der Waals surface area (Å²) < 4.78 is 51.7. The second-order valence-electron chi connectivity index (χ2n) is 6.74. The van der Waals surface area contributed by atoms with Gasteiger partial charge >= 0.3 is 23.0 Å². The number of nitrogens with zero attached hydrogens (tertiary/aromatic N) is 3. The van der Waals surface area contributed by atoms with Crippen LogP contribution in [0.2, 0.25) is 0 Å². The first-order valence-corrected chi connectivity index (χ1v) is 15.9. The van der Waals surface area contributed by atoms with Crippen LogP contribution < -0.4 is 0 Å². The van der Waals surface area contributed by atoms with Gasteiger partial charge in [-0.15, -0.1) is 13.5 Å². The van der Waals surface area contributed by atoms with Crippen LogP contribution in [0, 0.1) is 0 Å². The molecule has 30 heavy (non-hydrogen) atoms. The average molecular weight is 489 g/mol. The van der Waals surface area contributed by atoms with Gasteiger partial charge in [-0.2, -0.15) is 0 Å². The Balaban J connectivity index is 3.71. The minimum Gasteiger partial charge on any atom is -0.306 e. The van der Waals surface area contributed by atoms with E-state index in [4.69, 9.17) is 40.7 Å². The van der Waals surface area contributed by atoms with Gasteiger partial charge in [-0.25, -0.2) is 0 Å². The van der Waals surface area contributed by atoms with E-state index in [1.54, 1.807) is 0 Å². The standard InChI is InChI=1S/C18H42N3O6P3/c1-7-13-22-28(23-14-8-2)19-29(24-15-9-3,25-16-10-4)21-30(20-28,26-17-11-5)27-18-12-6/h7-18H2,1-6H3. The SMILES string of the molecule is CCCOP1(OCCC)=NP(OCCC)(OCCC)=NP(OCCC)(OCCC)=N1. The lowest BCUT2D eigenvalue weighted by molar-refractivity contribution is 0.216. The predicted molar refractivity (Wildman–Crippen MR) is 126 cm³/mol. The van der Waals surface area contributed by atoms with E-state index in [0.717, 1.165) is 38.5 Å². The van der Waals surface area contributed by atoms with Gasteiger partial charge in [0, 0.05) is 0 Å². The molecule has 0 saturated carbocycles. The fourth-order valence-corrected chi connectivity index (χ4v) is 12.2. The summed E-state index contributed by atoms with van der Waals surface area (Å²) in [6.07, 6.45) is 4.88. The van der Waals surface area contributed by atoms with Gasteiger partial charge in [0.1, 0.15) is 0 Å². The number of hydrogen-bond donors (Lipinski definition) is 0. The van der Waals surface area contributed by atoms with Crippen LogP contribution in [0.5, 0.6) is 0 Å². The van der Waals surface area contributed by atoms with E-state index < -0.39 is 23.0 Å². The topological polar surface area (TPSA) is 92.5 Å². The molecule has 0 aliphatic carbocycles. The maximum Gasteiger partial charge on any atom is 0.349 e. The maximum atomic E-state index is 6.18. The molecule has 0 unspecified atom stereocenters. The highest BCUT2D eigenvalue weighted by molar-refractivity contribution is 7.78. The predicted octanol–water partition coefficient (Wildman–Crippen LogP) is 8.40. The minimum absolute atomic E-state index is 0.466. The summed E-state index contributed by atoms with van der Waals surface area (Å²) in [6, 6.07) is 0. The zero-order valence-electron chi connectivity index (χ0n) is 19.6. The Morgan fingerprint density at radius 1 is 0.367 bits per heavy atom. The van der Waals surface area contributed by atoms with Crippen LogP contribution >= 0.6 is 23.0 Å². The second kappa shape index (κ2) is 15.3. The first-order valence-electron chi connectivity index (χ1n) is 11.3. The molecule has 1 rings (SSSR count). The van der Waals surface area contributed by atoms with Gasteiger partial charge in [-0.1, -0.05) is 41.5 Å². The molecule has 0 spiro atoms. The third-order valence-corrected chi connectivity index (χ3v) is 12.0. The molecule has 0 N–H and O–H groups in total. The van der Waals surface area contributed by atoms with Gasteiger partial charge in [-0.05, 0) is 38.5 Å². The highest BCUT2D eigenvalue weighted by Gasteiger charge is 2.42. The normalized spacial score (nSPS) is 19.0. The Morgan fingerprint density at radius 3 is 0.667 bits per heavy atom. The van der Waals surface area contributed by atoms with Crippen molar-refractivity contribution < 1.29 is 27.1 Å². The van der Waals surface area contributed by atoms with E-state index >= 15 is 0 Å². The van der Waals surface area contributed by atoms with Crippen molar-refractivity contribution in [2.24, 2.45) is 13.5 Å². The Kier molecular flexibility index (Phi) is 14.5. The molecule has 0 atom stereocenters. The second-order valence-corrected chi connectivity index (χ2v) is 13.4. The molecule has 0 radical (unpaired) electrons. The lowest BCUT2D eigenvalue weighted by Gasteiger charge is -2.33. The summed E-state index contributed by atoms with van der Waals surface area (Å²) in [7, 11) is -9.22. The third-order valence-electron chi connectivity index (χ3n) is 3.46. The van der Waals surface area contributed by atoms with E-state index in [1.807, 2.05) is 41.5 Å². The smallest absolute Gasteiger partial charge is 0.306 e. The van der Waals surface area contributed by atoms with Crippen LogP contribution in [-0.2, 0) is 27.1 Å². The molecule has 1 heterocycles. The summed E-state index contributed by atoms with van der Waals surface area (Å²) in [5, 5.41) is 0. The van der Waals surface area contributed by atoms with E-state index in [-0.39, 0.29) is 0 Å². The molecule has 0 aromatic rings. The molecule has 0 bridgehead atoms. The molecule has 12 heteroatoms. The van der Waals surface area contributed by atoms with Crippen LogP contribution in [-0.4, -0.2) is 39.6 Å². The van der Waals surface area contributed by atoms with Crippen molar-refractivity contribution in [2.75, 3.05) is 39.6 Å². The lowest BCUT2D eigenvalue weighted by atomic mass is 10.5. The molecular formula is C18H42N3O6P3. The molecule has 0 fully saturated rings. The molecule has 0 saturated heterocycles. The molecule has 180 valence electrons. The van der Waals surface area contributed by atoms with E-state index in [2.05, 4.69) is 0 Å². The molecule has 9 nitrogen and oxygen atoms in total. The van der Waals surface area contributed by atoms with Crippen molar-refractivity contribution >= 4 is 23.0 Å². The van der Waals surface area contributed by atoms with Crippen molar-refractivity contribution in [3.63, 3.8) is 0 Å². The number of rotatable bonds is 18. The summed E-state index contributed by atoms with van der Waals surface area (Å²) in [5.41, 5.74) is 0. The van der Waals surface area contributed by atoms with Crippen LogP contribution in [0.3, 0.4) is 0 Å². The summed E-state index contributed by atoms with van der Waals surface area (Å²) >= 11 is 0. The van der Waals surface area contributed by atoms with Gasteiger partial charge in [-0.3, -0.25) is 0 Å². The van der Waals surface area contributed by atoms with Crippen molar-refractivity contribution in [1.29, 1.82) is 0 Å². The lowest BCUT2D eigenvalue weighted by Crippen LogP contribution is -2.06. The van der Waals surface area contributed by atoms with Crippen LogP contribution in [0.15, 0.2) is 13.5 Å². The summed E-state index contributed by atoms with van der Waals surface area (Å²) in [6.45, 7) is 15.0. The van der Waals surface area contributed by atoms with Gasteiger partial charge < -0.3 is 27.1 Å². The van der Waals surface area contributed by atoms with E-state index in [0.29, 0.717) is 39.6 Å². The van der Waals surface area contributed by atoms with Crippen molar-refractivity contribution in [1.82, 2.24) is 0 Å². The maximum absolute atomic E-state index is 6.18. The minimum atomic E-state index is -3.07. The Labute approximate surface area is 183 Å². The third kappa shape index (κ3) is 9.13. The Hall–Kier alpha value is 0.450. The van der Waals surface area contributed by atoms with E-state index in [9.17, 15) is 0 Å². The average Bonchev–Trinajstić information content (AvgIpc) is 2.76. The molecule has 1 aliphatic rings. The largest absolute Gasteiger partial charge is 0.349 e. The first-order chi connectivity index (χ1) is 14.5. The highest BCUT2D eigenvalue weighted by Crippen LogP contribution is 2.80. The van der Waals surface area contributed by atoms with Crippen LogP contribution in [0.4, 0.5) is 0 Å². The quantitative estimate of drug-likeness (QED) is 0.180. The van der Waals surface area contributed by atoms with Crippen LogP contribution in [0.1, 0.15) is 80.1 Å². The van der Waals surface area contributed by atoms with Gasteiger partial charge in [0.05, 0.1) is 39.6 Å². The Morgan fingerprint density at radius 2 is 0.533 bits per heavy atom. The Bertz CT molecular complexity index is 507. The highest BCUT2D eigenvalue weighted by atomic mass is 31.3. The molecular weight excluding hydrogens is 447 g/mol. The van der Waals surface area contributed by atoms with Gasteiger partial charge in [0.15, 0.2) is 0 Å². The monoisotopic (exact) mass is 489 g/mol. The van der Waals surface area contributed by atoms with Crippen molar-refractivity contribution in [3.05, 3.63) is 0 Å². The van der Waals surface area contributed by atoms with E-state index in [1.165, 1.54) is 0 Å². The molecule has 0 aromatic carbocycles. The molecule has 0 aromatic heterocycles. The van der Waals surface area contributed by atoms with Crippen molar-refractivity contribution in [2.45, 2.75) is 80.1 Å². The zero-order valence-corrected chi connectivity index (χ0v) is 22.3. The molecule has 1 aliphatic heterocycles. The fraction of sp³-hybridized carbons (Fsp3) is 1.00. The summed E-state index contributed by atoms with van der Waals surface area (Å²) in [4.78, 5) is 0. The number of hydrogen-bond acceptors (Lipinski definition) is 9. The van der Waals surface area contributed by atoms with Gasteiger partial charge in [0.25, 0.3) is 0 Å².